The number of sulfone groups is 1. The SMILES string of the molecule is O=S(=O)(CC1(CBr)CCOCC1)c1ccc2c(c1)CCC2. The van der Waals surface area contributed by atoms with Crippen LogP contribution in [0.2, 0.25) is 0 Å². The summed E-state index contributed by atoms with van der Waals surface area (Å²) in [5.41, 5.74) is 2.35. The molecule has 1 heterocycles. The van der Waals surface area contributed by atoms with Gasteiger partial charge in [-0.25, -0.2) is 8.42 Å². The topological polar surface area (TPSA) is 43.4 Å². The summed E-state index contributed by atoms with van der Waals surface area (Å²) in [7, 11) is -3.24. The van der Waals surface area contributed by atoms with Gasteiger partial charge in [-0.3, -0.25) is 0 Å². The Kier molecular flexibility index (Phi) is 4.44. The molecule has 0 bridgehead atoms. The van der Waals surface area contributed by atoms with Gasteiger partial charge in [-0.2, -0.15) is 0 Å². The third kappa shape index (κ3) is 3.20. The highest BCUT2D eigenvalue weighted by atomic mass is 79.9. The average Bonchev–Trinajstić information content (AvgIpc) is 2.95. The molecule has 1 aromatic rings. The molecule has 0 atom stereocenters. The van der Waals surface area contributed by atoms with Gasteiger partial charge < -0.3 is 4.74 Å². The average molecular weight is 373 g/mol. The van der Waals surface area contributed by atoms with Crippen molar-refractivity contribution in [3.05, 3.63) is 29.3 Å². The van der Waals surface area contributed by atoms with Crippen LogP contribution in [0.4, 0.5) is 0 Å². The largest absolute Gasteiger partial charge is 0.381 e. The van der Waals surface area contributed by atoms with Crippen LogP contribution in [-0.2, 0) is 27.4 Å². The van der Waals surface area contributed by atoms with Crippen molar-refractivity contribution in [3.8, 4) is 0 Å². The lowest BCUT2D eigenvalue weighted by Crippen LogP contribution is -2.37. The van der Waals surface area contributed by atoms with Crippen LogP contribution in [0.1, 0.15) is 30.4 Å². The molecule has 116 valence electrons. The summed E-state index contributed by atoms with van der Waals surface area (Å²) < 4.78 is 31.0. The Morgan fingerprint density at radius 1 is 1.14 bits per heavy atom. The van der Waals surface area contributed by atoms with Crippen LogP contribution >= 0.6 is 15.9 Å². The fraction of sp³-hybridized carbons (Fsp3) is 0.625. The molecule has 0 radical (unpaired) electrons. The zero-order valence-electron chi connectivity index (χ0n) is 12.1. The van der Waals surface area contributed by atoms with Gasteiger partial charge in [-0.1, -0.05) is 22.0 Å². The van der Waals surface area contributed by atoms with Crippen LogP contribution in [0.15, 0.2) is 23.1 Å². The van der Waals surface area contributed by atoms with E-state index in [1.54, 1.807) is 6.07 Å². The normalized spacial score (nSPS) is 21.2. The van der Waals surface area contributed by atoms with Gasteiger partial charge in [-0.05, 0) is 60.8 Å². The van der Waals surface area contributed by atoms with Crippen LogP contribution in [0.3, 0.4) is 0 Å². The van der Waals surface area contributed by atoms with Crippen LogP contribution in [0.5, 0.6) is 0 Å². The lowest BCUT2D eigenvalue weighted by molar-refractivity contribution is 0.0367. The molecular formula is C16H21BrO3S. The molecule has 3 nitrogen and oxygen atoms in total. The first-order valence-corrected chi connectivity index (χ1v) is 10.3. The van der Waals surface area contributed by atoms with Crippen molar-refractivity contribution in [1.82, 2.24) is 0 Å². The lowest BCUT2D eigenvalue weighted by atomic mass is 9.85. The Morgan fingerprint density at radius 2 is 1.86 bits per heavy atom. The number of benzene rings is 1. The van der Waals surface area contributed by atoms with Crippen molar-refractivity contribution in [3.63, 3.8) is 0 Å². The molecule has 0 saturated carbocycles. The Hall–Kier alpha value is -0.390. The number of halogens is 1. The second-order valence-corrected chi connectivity index (χ2v) is 8.84. The van der Waals surface area contributed by atoms with E-state index in [9.17, 15) is 8.42 Å². The molecule has 0 amide bonds. The summed E-state index contributed by atoms with van der Waals surface area (Å²) in [6.45, 7) is 1.32. The molecule has 1 aliphatic carbocycles. The van der Waals surface area contributed by atoms with Crippen LogP contribution in [0.25, 0.3) is 0 Å². The molecule has 1 aromatic carbocycles. The van der Waals surface area contributed by atoms with E-state index < -0.39 is 9.84 Å². The predicted molar refractivity (Wildman–Crippen MR) is 86.8 cm³/mol. The van der Waals surface area contributed by atoms with E-state index >= 15 is 0 Å². The first-order chi connectivity index (χ1) is 10.0. The number of ether oxygens (including phenoxy) is 1. The van der Waals surface area contributed by atoms with Crippen LogP contribution in [-0.4, -0.2) is 32.7 Å². The number of alkyl halides is 1. The molecule has 0 unspecified atom stereocenters. The van der Waals surface area contributed by atoms with Gasteiger partial charge in [0.25, 0.3) is 0 Å². The molecule has 1 aliphatic heterocycles. The Bertz CT molecular complexity index is 618. The van der Waals surface area contributed by atoms with Gasteiger partial charge in [0.05, 0.1) is 10.6 Å². The Balaban J connectivity index is 1.86. The second kappa shape index (κ2) is 6.01. The number of fused-ring (bicyclic) bond motifs is 1. The number of hydrogen-bond acceptors (Lipinski definition) is 3. The third-order valence-corrected chi connectivity index (χ3v) is 7.92. The number of rotatable bonds is 4. The third-order valence-electron chi connectivity index (χ3n) is 4.76. The lowest BCUT2D eigenvalue weighted by Gasteiger charge is -2.35. The summed E-state index contributed by atoms with van der Waals surface area (Å²) in [6, 6.07) is 5.69. The summed E-state index contributed by atoms with van der Waals surface area (Å²) in [6.07, 6.45) is 4.85. The maximum absolute atomic E-state index is 12.8. The summed E-state index contributed by atoms with van der Waals surface area (Å²) in [5, 5.41) is 0.716. The van der Waals surface area contributed by atoms with E-state index in [2.05, 4.69) is 15.9 Å². The van der Waals surface area contributed by atoms with E-state index in [-0.39, 0.29) is 11.2 Å². The highest BCUT2D eigenvalue weighted by molar-refractivity contribution is 9.09. The number of hydrogen-bond donors (Lipinski definition) is 0. The van der Waals surface area contributed by atoms with Gasteiger partial charge in [0.1, 0.15) is 0 Å². The maximum atomic E-state index is 12.8. The highest BCUT2D eigenvalue weighted by Gasteiger charge is 2.37. The van der Waals surface area contributed by atoms with E-state index in [1.807, 2.05) is 12.1 Å². The fourth-order valence-electron chi connectivity index (χ4n) is 3.35. The smallest absolute Gasteiger partial charge is 0.178 e. The van der Waals surface area contributed by atoms with Gasteiger partial charge in [-0.15, -0.1) is 0 Å². The van der Waals surface area contributed by atoms with E-state index in [0.717, 1.165) is 32.1 Å². The highest BCUT2D eigenvalue weighted by Crippen LogP contribution is 2.36. The maximum Gasteiger partial charge on any atom is 0.178 e. The van der Waals surface area contributed by atoms with Gasteiger partial charge >= 0.3 is 0 Å². The minimum Gasteiger partial charge on any atom is -0.381 e. The van der Waals surface area contributed by atoms with Crippen molar-refractivity contribution >= 4 is 25.8 Å². The first kappa shape index (κ1) is 15.5. The predicted octanol–water partition coefficient (Wildman–Crippen LogP) is 3.14. The van der Waals surface area contributed by atoms with Crippen molar-refractivity contribution in [2.45, 2.75) is 37.0 Å². The summed E-state index contributed by atoms with van der Waals surface area (Å²) in [4.78, 5) is 0.495. The zero-order valence-corrected chi connectivity index (χ0v) is 14.5. The van der Waals surface area contributed by atoms with Crippen molar-refractivity contribution < 1.29 is 13.2 Å². The van der Waals surface area contributed by atoms with E-state index in [4.69, 9.17) is 4.74 Å². The summed E-state index contributed by atoms with van der Waals surface area (Å²) >= 11 is 3.52. The molecule has 0 N–H and O–H groups in total. The van der Waals surface area contributed by atoms with Gasteiger partial charge in [0, 0.05) is 18.5 Å². The van der Waals surface area contributed by atoms with Crippen molar-refractivity contribution in [1.29, 1.82) is 0 Å². The van der Waals surface area contributed by atoms with Crippen LogP contribution < -0.4 is 0 Å². The molecule has 0 aromatic heterocycles. The monoisotopic (exact) mass is 372 g/mol. The van der Waals surface area contributed by atoms with Crippen molar-refractivity contribution in [2.24, 2.45) is 5.41 Å². The molecule has 2 aliphatic rings. The van der Waals surface area contributed by atoms with E-state index in [1.165, 1.54) is 11.1 Å². The van der Waals surface area contributed by atoms with Gasteiger partial charge in [0.15, 0.2) is 9.84 Å². The number of aryl methyl sites for hydroxylation is 2. The quantitative estimate of drug-likeness (QED) is 0.762. The minimum absolute atomic E-state index is 0.184. The molecule has 5 heteroatoms. The molecule has 1 fully saturated rings. The van der Waals surface area contributed by atoms with E-state index in [0.29, 0.717) is 23.4 Å². The first-order valence-electron chi connectivity index (χ1n) is 7.53. The Labute approximate surface area is 135 Å². The fourth-order valence-corrected chi connectivity index (χ4v) is 6.33. The standard InChI is InChI=1S/C16H21BrO3S/c17-11-16(6-8-20-9-7-16)12-21(18,19)15-5-4-13-2-1-3-14(13)10-15/h4-5,10H,1-3,6-9,11-12H2. The molecule has 1 saturated heterocycles. The van der Waals surface area contributed by atoms with Crippen LogP contribution in [0, 0.1) is 5.41 Å². The second-order valence-electron chi connectivity index (χ2n) is 6.29. The summed E-state index contributed by atoms with van der Waals surface area (Å²) in [5.74, 6) is 0.216. The molecule has 0 spiro atoms. The zero-order chi connectivity index (χ0) is 14.9. The van der Waals surface area contributed by atoms with Gasteiger partial charge in [0.2, 0.25) is 0 Å². The molecule has 3 rings (SSSR count). The Morgan fingerprint density at radius 3 is 2.57 bits per heavy atom. The van der Waals surface area contributed by atoms with Crippen molar-refractivity contribution in [2.75, 3.05) is 24.3 Å². The molecular weight excluding hydrogens is 352 g/mol. The molecule has 21 heavy (non-hydrogen) atoms. The minimum atomic E-state index is -3.24.